The van der Waals surface area contributed by atoms with Gasteiger partial charge in [0.05, 0.1) is 12.8 Å². The van der Waals surface area contributed by atoms with Gasteiger partial charge in [0.25, 0.3) is 0 Å². The van der Waals surface area contributed by atoms with Crippen molar-refractivity contribution in [2.24, 2.45) is 0 Å². The molecule has 3 rings (SSSR count). The topological polar surface area (TPSA) is 45.5 Å². The van der Waals surface area contributed by atoms with Crippen LogP contribution in [0.1, 0.15) is 21.9 Å². The summed E-state index contributed by atoms with van der Waals surface area (Å²) in [6.45, 7) is 4.30. The van der Waals surface area contributed by atoms with E-state index >= 15 is 0 Å². The van der Waals surface area contributed by atoms with E-state index in [-0.39, 0.29) is 5.91 Å². The van der Waals surface area contributed by atoms with Crippen LogP contribution < -0.4 is 5.32 Å². The smallest absolute Gasteiger partial charge is 0.225 e. The molecular weight excluding hydrogens is 332 g/mol. The fourth-order valence-electron chi connectivity index (χ4n) is 2.63. The number of thiophene rings is 1. The molecular formula is C20H22N2O2S. The van der Waals surface area contributed by atoms with Gasteiger partial charge in [-0.05, 0) is 43.3 Å². The van der Waals surface area contributed by atoms with E-state index in [4.69, 9.17) is 4.42 Å². The molecule has 1 amide bonds. The van der Waals surface area contributed by atoms with Gasteiger partial charge in [0, 0.05) is 35.0 Å². The SMILES string of the molecule is Cc1ccc(CN(CCC(=O)Nc2ccccc2)Cc2ccco2)s1. The number of benzene rings is 1. The molecule has 130 valence electrons. The van der Waals surface area contributed by atoms with Crippen LogP contribution >= 0.6 is 11.3 Å². The molecule has 0 saturated carbocycles. The van der Waals surface area contributed by atoms with E-state index in [2.05, 4.69) is 29.3 Å². The third-order valence-electron chi connectivity index (χ3n) is 3.85. The van der Waals surface area contributed by atoms with Gasteiger partial charge in [0.1, 0.15) is 5.76 Å². The summed E-state index contributed by atoms with van der Waals surface area (Å²) in [5.74, 6) is 0.940. The predicted octanol–water partition coefficient (Wildman–Crippen LogP) is 4.68. The second-order valence-electron chi connectivity index (χ2n) is 5.97. The molecule has 0 aliphatic rings. The molecule has 25 heavy (non-hydrogen) atoms. The van der Waals surface area contributed by atoms with Crippen LogP contribution in [0.2, 0.25) is 0 Å². The average molecular weight is 354 g/mol. The van der Waals surface area contributed by atoms with Crippen molar-refractivity contribution in [2.75, 3.05) is 11.9 Å². The summed E-state index contributed by atoms with van der Waals surface area (Å²) >= 11 is 1.79. The maximum Gasteiger partial charge on any atom is 0.225 e. The molecule has 4 nitrogen and oxygen atoms in total. The van der Waals surface area contributed by atoms with Crippen molar-refractivity contribution in [2.45, 2.75) is 26.4 Å². The molecule has 0 bridgehead atoms. The lowest BCUT2D eigenvalue weighted by Gasteiger charge is -2.20. The lowest BCUT2D eigenvalue weighted by Crippen LogP contribution is -2.27. The Morgan fingerprint density at radius 1 is 1.08 bits per heavy atom. The van der Waals surface area contributed by atoms with Gasteiger partial charge < -0.3 is 9.73 Å². The summed E-state index contributed by atoms with van der Waals surface area (Å²) in [6, 6.07) is 17.7. The van der Waals surface area contributed by atoms with E-state index in [9.17, 15) is 4.79 Å². The van der Waals surface area contributed by atoms with E-state index in [1.54, 1.807) is 17.6 Å². The maximum atomic E-state index is 12.2. The van der Waals surface area contributed by atoms with E-state index in [1.165, 1.54) is 9.75 Å². The number of anilines is 1. The lowest BCUT2D eigenvalue weighted by atomic mass is 10.3. The lowest BCUT2D eigenvalue weighted by molar-refractivity contribution is -0.116. The third-order valence-corrected chi connectivity index (χ3v) is 4.83. The molecule has 0 atom stereocenters. The quantitative estimate of drug-likeness (QED) is 0.639. The molecule has 1 aromatic carbocycles. The third kappa shape index (κ3) is 5.59. The van der Waals surface area contributed by atoms with Gasteiger partial charge in [0.15, 0.2) is 0 Å². The van der Waals surface area contributed by atoms with Crippen molar-refractivity contribution in [1.29, 1.82) is 0 Å². The zero-order chi connectivity index (χ0) is 17.5. The number of para-hydroxylation sites is 1. The van der Waals surface area contributed by atoms with Crippen molar-refractivity contribution in [3.05, 3.63) is 76.4 Å². The highest BCUT2D eigenvalue weighted by Gasteiger charge is 2.12. The zero-order valence-electron chi connectivity index (χ0n) is 14.3. The van der Waals surface area contributed by atoms with Crippen LogP contribution in [0, 0.1) is 6.92 Å². The van der Waals surface area contributed by atoms with Crippen LogP contribution in [0.15, 0.2) is 65.3 Å². The van der Waals surface area contributed by atoms with Crippen molar-refractivity contribution < 1.29 is 9.21 Å². The van der Waals surface area contributed by atoms with E-state index in [0.717, 1.165) is 18.0 Å². The monoisotopic (exact) mass is 354 g/mol. The second kappa shape index (κ2) is 8.65. The molecule has 2 aromatic heterocycles. The van der Waals surface area contributed by atoms with Gasteiger partial charge in [0.2, 0.25) is 5.91 Å². The van der Waals surface area contributed by atoms with E-state index in [1.807, 2.05) is 42.5 Å². The predicted molar refractivity (Wildman–Crippen MR) is 102 cm³/mol. The average Bonchev–Trinajstić information content (AvgIpc) is 3.25. The van der Waals surface area contributed by atoms with Crippen LogP contribution in [-0.2, 0) is 17.9 Å². The second-order valence-corrected chi connectivity index (χ2v) is 7.34. The van der Waals surface area contributed by atoms with E-state index < -0.39 is 0 Å². The van der Waals surface area contributed by atoms with Crippen LogP contribution in [-0.4, -0.2) is 17.4 Å². The molecule has 5 heteroatoms. The minimum absolute atomic E-state index is 0.0259. The zero-order valence-corrected chi connectivity index (χ0v) is 15.1. The highest BCUT2D eigenvalue weighted by atomic mass is 32.1. The first-order valence-corrected chi connectivity index (χ1v) is 9.15. The number of carbonyl (C=O) groups is 1. The first-order valence-electron chi connectivity index (χ1n) is 8.34. The first kappa shape index (κ1) is 17.5. The molecule has 0 aliphatic heterocycles. The number of nitrogens with one attached hydrogen (secondary N) is 1. The molecule has 0 aliphatic carbocycles. The summed E-state index contributed by atoms with van der Waals surface area (Å²) in [6.07, 6.45) is 2.13. The Morgan fingerprint density at radius 3 is 2.60 bits per heavy atom. The highest BCUT2D eigenvalue weighted by molar-refractivity contribution is 7.11. The standard InChI is InChI=1S/C20H22N2O2S/c1-16-9-10-19(25-16)15-22(14-18-8-5-13-24-18)12-11-20(23)21-17-6-3-2-4-7-17/h2-10,13H,11-12,14-15H2,1H3,(H,21,23). The van der Waals surface area contributed by atoms with Gasteiger partial charge in [-0.15, -0.1) is 11.3 Å². The molecule has 0 saturated heterocycles. The summed E-state index contributed by atoms with van der Waals surface area (Å²) in [7, 11) is 0. The molecule has 0 spiro atoms. The van der Waals surface area contributed by atoms with Gasteiger partial charge in [-0.1, -0.05) is 18.2 Å². The number of hydrogen-bond acceptors (Lipinski definition) is 4. The fraction of sp³-hybridized carbons (Fsp3) is 0.250. The minimum Gasteiger partial charge on any atom is -0.468 e. The highest BCUT2D eigenvalue weighted by Crippen LogP contribution is 2.19. The van der Waals surface area contributed by atoms with Gasteiger partial charge >= 0.3 is 0 Å². The van der Waals surface area contributed by atoms with Crippen molar-refractivity contribution in [1.82, 2.24) is 4.90 Å². The number of hydrogen-bond donors (Lipinski definition) is 1. The Labute approximate surface area is 152 Å². The Morgan fingerprint density at radius 2 is 1.92 bits per heavy atom. The number of rotatable bonds is 8. The summed E-state index contributed by atoms with van der Waals surface area (Å²) < 4.78 is 5.47. The largest absolute Gasteiger partial charge is 0.468 e. The number of carbonyl (C=O) groups excluding carboxylic acids is 1. The summed E-state index contributed by atoms with van der Waals surface area (Å²) in [5, 5.41) is 2.94. The van der Waals surface area contributed by atoms with Crippen LogP contribution in [0.3, 0.4) is 0 Å². The van der Waals surface area contributed by atoms with Crippen LogP contribution in [0.4, 0.5) is 5.69 Å². The normalized spacial score (nSPS) is 11.0. The molecule has 0 unspecified atom stereocenters. The fourth-order valence-corrected chi connectivity index (χ4v) is 3.56. The summed E-state index contributed by atoms with van der Waals surface area (Å²) in [5.41, 5.74) is 0.832. The van der Waals surface area contributed by atoms with Gasteiger partial charge in [-0.2, -0.15) is 0 Å². The number of furan rings is 1. The van der Waals surface area contributed by atoms with Crippen LogP contribution in [0.5, 0.6) is 0 Å². The molecule has 0 radical (unpaired) electrons. The maximum absolute atomic E-state index is 12.2. The van der Waals surface area contributed by atoms with E-state index in [0.29, 0.717) is 19.5 Å². The molecule has 0 fully saturated rings. The Bertz CT molecular complexity index is 781. The van der Waals surface area contributed by atoms with Gasteiger partial charge in [-0.25, -0.2) is 0 Å². The molecule has 1 N–H and O–H groups in total. The number of aryl methyl sites for hydroxylation is 1. The van der Waals surface area contributed by atoms with Crippen molar-refractivity contribution >= 4 is 22.9 Å². The van der Waals surface area contributed by atoms with Crippen molar-refractivity contribution in [3.8, 4) is 0 Å². The van der Waals surface area contributed by atoms with Crippen LogP contribution in [0.25, 0.3) is 0 Å². The Balaban J connectivity index is 1.57. The summed E-state index contributed by atoms with van der Waals surface area (Å²) in [4.78, 5) is 17.1. The minimum atomic E-state index is 0.0259. The van der Waals surface area contributed by atoms with Gasteiger partial charge in [-0.3, -0.25) is 9.69 Å². The molecule has 2 heterocycles. The first-order chi connectivity index (χ1) is 12.2. The van der Waals surface area contributed by atoms with Crippen molar-refractivity contribution in [3.63, 3.8) is 0 Å². The molecule has 3 aromatic rings. The number of nitrogens with zero attached hydrogens (tertiary/aromatic N) is 1. The number of amides is 1. The Hall–Kier alpha value is -2.37. The Kier molecular flexibility index (Phi) is 6.04.